The molecule has 0 aromatic heterocycles. The third-order valence-corrected chi connectivity index (χ3v) is 3.80. The Balaban J connectivity index is 4.35. The SMILES string of the molecule is CC(C)=CCCC(=CCCC(=CCCC(=CCO)CO)CO)CO. The first-order valence-electron chi connectivity index (χ1n) is 8.67. The molecule has 0 aliphatic carbocycles. The highest BCUT2D eigenvalue weighted by Crippen LogP contribution is 2.13. The van der Waals surface area contributed by atoms with Gasteiger partial charge in [0.05, 0.1) is 26.4 Å². The fourth-order valence-corrected chi connectivity index (χ4v) is 2.34. The summed E-state index contributed by atoms with van der Waals surface area (Å²) in [6, 6.07) is 0. The molecule has 0 unspecified atom stereocenters. The first-order valence-corrected chi connectivity index (χ1v) is 8.67. The average Bonchev–Trinajstić information content (AvgIpc) is 2.57. The van der Waals surface area contributed by atoms with Crippen LogP contribution in [0.4, 0.5) is 0 Å². The summed E-state index contributed by atoms with van der Waals surface area (Å²) >= 11 is 0. The lowest BCUT2D eigenvalue weighted by Crippen LogP contribution is -1.95. The molecule has 0 rings (SSSR count). The van der Waals surface area contributed by atoms with Crippen LogP contribution in [0.15, 0.2) is 46.6 Å². The molecule has 0 aromatic carbocycles. The summed E-state index contributed by atoms with van der Waals surface area (Å²) in [5, 5.41) is 36.8. The minimum absolute atomic E-state index is 0.0260. The Morgan fingerprint density at radius 1 is 0.583 bits per heavy atom. The molecular formula is C20H34O4. The Hall–Kier alpha value is -1.20. The van der Waals surface area contributed by atoms with Gasteiger partial charge in [0.15, 0.2) is 0 Å². The summed E-state index contributed by atoms with van der Waals surface area (Å²) in [5.41, 5.74) is 4.11. The fraction of sp³-hybridized carbons (Fsp3) is 0.600. The van der Waals surface area contributed by atoms with Crippen LogP contribution in [0, 0.1) is 0 Å². The van der Waals surface area contributed by atoms with Gasteiger partial charge in [0.25, 0.3) is 0 Å². The van der Waals surface area contributed by atoms with E-state index in [2.05, 4.69) is 26.0 Å². The highest BCUT2D eigenvalue weighted by atomic mass is 16.3. The summed E-state index contributed by atoms with van der Waals surface area (Å²) in [5.74, 6) is 0. The van der Waals surface area contributed by atoms with Gasteiger partial charge >= 0.3 is 0 Å². The zero-order valence-electron chi connectivity index (χ0n) is 15.2. The van der Waals surface area contributed by atoms with Crippen molar-refractivity contribution >= 4 is 0 Å². The maximum atomic E-state index is 9.43. The summed E-state index contributed by atoms with van der Waals surface area (Å²) in [6.07, 6.45) is 12.6. The molecule has 0 saturated heterocycles. The average molecular weight is 338 g/mol. The van der Waals surface area contributed by atoms with Crippen molar-refractivity contribution in [2.45, 2.75) is 52.4 Å². The van der Waals surface area contributed by atoms with Crippen molar-refractivity contribution in [2.24, 2.45) is 0 Å². The van der Waals surface area contributed by atoms with Crippen molar-refractivity contribution < 1.29 is 20.4 Å². The lowest BCUT2D eigenvalue weighted by Gasteiger charge is -2.06. The van der Waals surface area contributed by atoms with Gasteiger partial charge < -0.3 is 20.4 Å². The molecule has 0 amide bonds. The van der Waals surface area contributed by atoms with Gasteiger partial charge in [0.1, 0.15) is 0 Å². The Morgan fingerprint density at radius 3 is 1.29 bits per heavy atom. The molecule has 0 aliphatic heterocycles. The first kappa shape index (κ1) is 22.8. The van der Waals surface area contributed by atoms with Crippen LogP contribution in [0.2, 0.25) is 0 Å². The summed E-state index contributed by atoms with van der Waals surface area (Å²) in [4.78, 5) is 0. The maximum Gasteiger partial charge on any atom is 0.0642 e. The number of hydrogen-bond acceptors (Lipinski definition) is 4. The smallest absolute Gasteiger partial charge is 0.0642 e. The Kier molecular flexibility index (Phi) is 14.6. The third-order valence-electron chi connectivity index (χ3n) is 3.80. The predicted octanol–water partition coefficient (Wildman–Crippen LogP) is 3.04. The van der Waals surface area contributed by atoms with Crippen LogP contribution < -0.4 is 0 Å². The standard InChI is InChI=1S/C20H34O4/c1-17(2)6-3-7-18(14-22)8-4-9-19(15-23)10-5-11-20(16-24)12-13-21/h6,8,10,12,21-24H,3-5,7,9,11,13-16H2,1-2H3. The van der Waals surface area contributed by atoms with Crippen LogP contribution in [0.1, 0.15) is 52.4 Å². The maximum absolute atomic E-state index is 9.43. The minimum Gasteiger partial charge on any atom is -0.392 e. The van der Waals surface area contributed by atoms with Gasteiger partial charge in [-0.15, -0.1) is 0 Å². The number of aliphatic hydroxyl groups excluding tert-OH is 4. The van der Waals surface area contributed by atoms with Crippen LogP contribution in [0.3, 0.4) is 0 Å². The van der Waals surface area contributed by atoms with Crippen LogP contribution >= 0.6 is 0 Å². The van der Waals surface area contributed by atoms with E-state index in [0.29, 0.717) is 6.42 Å². The molecule has 0 aromatic rings. The van der Waals surface area contributed by atoms with Crippen molar-refractivity contribution in [2.75, 3.05) is 26.4 Å². The molecule has 24 heavy (non-hydrogen) atoms. The number of rotatable bonds is 13. The normalized spacial score (nSPS) is 13.3. The van der Waals surface area contributed by atoms with E-state index in [1.807, 2.05) is 6.08 Å². The molecule has 0 atom stereocenters. The van der Waals surface area contributed by atoms with E-state index >= 15 is 0 Å². The van der Waals surface area contributed by atoms with E-state index in [1.165, 1.54) is 5.57 Å². The van der Waals surface area contributed by atoms with Crippen molar-refractivity contribution in [3.8, 4) is 0 Å². The lowest BCUT2D eigenvalue weighted by atomic mass is 10.0. The molecule has 4 N–H and O–H groups in total. The molecule has 138 valence electrons. The van der Waals surface area contributed by atoms with Gasteiger partial charge in [-0.1, -0.05) is 29.9 Å². The Morgan fingerprint density at radius 2 is 0.958 bits per heavy atom. The van der Waals surface area contributed by atoms with E-state index in [-0.39, 0.29) is 26.4 Å². The van der Waals surface area contributed by atoms with Gasteiger partial charge in [-0.3, -0.25) is 0 Å². The molecule has 0 spiro atoms. The molecule has 4 nitrogen and oxygen atoms in total. The second-order valence-electron chi connectivity index (χ2n) is 6.14. The Labute approximate surface area is 146 Å². The highest BCUT2D eigenvalue weighted by Gasteiger charge is 1.99. The van der Waals surface area contributed by atoms with Gasteiger partial charge in [0.2, 0.25) is 0 Å². The number of allylic oxidation sites excluding steroid dienone is 4. The molecule has 4 heteroatoms. The van der Waals surface area contributed by atoms with Crippen LogP contribution in [-0.2, 0) is 0 Å². The quantitative estimate of drug-likeness (QED) is 0.389. The topological polar surface area (TPSA) is 80.9 Å². The first-order chi connectivity index (χ1) is 11.6. The molecule has 0 radical (unpaired) electrons. The lowest BCUT2D eigenvalue weighted by molar-refractivity contribution is 0.315. The van der Waals surface area contributed by atoms with E-state index in [9.17, 15) is 10.2 Å². The largest absolute Gasteiger partial charge is 0.392 e. The summed E-state index contributed by atoms with van der Waals surface area (Å²) < 4.78 is 0. The summed E-state index contributed by atoms with van der Waals surface area (Å²) in [6.45, 7) is 4.14. The molecule has 0 bridgehead atoms. The number of aliphatic hydroxyl groups is 4. The fourth-order valence-electron chi connectivity index (χ4n) is 2.34. The van der Waals surface area contributed by atoms with Crippen LogP contribution in [0.25, 0.3) is 0 Å². The van der Waals surface area contributed by atoms with Crippen molar-refractivity contribution in [3.63, 3.8) is 0 Å². The van der Waals surface area contributed by atoms with E-state index in [0.717, 1.165) is 48.8 Å². The zero-order chi connectivity index (χ0) is 18.2. The van der Waals surface area contributed by atoms with Crippen molar-refractivity contribution in [3.05, 3.63) is 46.6 Å². The third kappa shape index (κ3) is 12.3. The summed E-state index contributed by atoms with van der Waals surface area (Å²) in [7, 11) is 0. The molecule has 0 heterocycles. The van der Waals surface area contributed by atoms with Crippen molar-refractivity contribution in [1.82, 2.24) is 0 Å². The van der Waals surface area contributed by atoms with Gasteiger partial charge in [-0.25, -0.2) is 0 Å². The predicted molar refractivity (Wildman–Crippen MR) is 99.7 cm³/mol. The second-order valence-corrected chi connectivity index (χ2v) is 6.14. The highest BCUT2D eigenvalue weighted by molar-refractivity contribution is 5.10. The van der Waals surface area contributed by atoms with E-state index in [1.54, 1.807) is 6.08 Å². The van der Waals surface area contributed by atoms with E-state index in [4.69, 9.17) is 10.2 Å². The van der Waals surface area contributed by atoms with Gasteiger partial charge in [-0.2, -0.15) is 0 Å². The van der Waals surface area contributed by atoms with Crippen LogP contribution in [0.5, 0.6) is 0 Å². The van der Waals surface area contributed by atoms with E-state index < -0.39 is 0 Å². The molecule has 0 aliphatic rings. The minimum atomic E-state index is -0.0616. The monoisotopic (exact) mass is 338 g/mol. The molecule has 0 saturated carbocycles. The van der Waals surface area contributed by atoms with Crippen LogP contribution in [-0.4, -0.2) is 46.9 Å². The zero-order valence-corrected chi connectivity index (χ0v) is 15.2. The van der Waals surface area contributed by atoms with Crippen molar-refractivity contribution in [1.29, 1.82) is 0 Å². The van der Waals surface area contributed by atoms with Gasteiger partial charge in [-0.05, 0) is 69.1 Å². The number of hydrogen-bond donors (Lipinski definition) is 4. The molecule has 0 fully saturated rings. The second kappa shape index (κ2) is 15.3. The Bertz CT molecular complexity index is 441. The van der Waals surface area contributed by atoms with Gasteiger partial charge in [0, 0.05) is 0 Å². The molecular weight excluding hydrogens is 304 g/mol.